The summed E-state index contributed by atoms with van der Waals surface area (Å²) in [7, 11) is -4.05. The van der Waals surface area contributed by atoms with Gasteiger partial charge in [-0.3, -0.25) is 14.8 Å². The molecule has 0 aliphatic rings. The first kappa shape index (κ1) is 17.6. The molecule has 0 saturated carbocycles. The number of nitrogens with one attached hydrogen (secondary N) is 1. The molecule has 0 heterocycles. The number of rotatable bonds is 7. The summed E-state index contributed by atoms with van der Waals surface area (Å²) in [6.07, 6.45) is 0. The standard InChI is InChI=1S/C14H13FN2O6S/c15-10-1-6-13(14(9-10)23-8-7-18)16-24(21,22)12-4-2-11(3-5-12)17(19)20/h1-6,9,16,18H,7-8H2. The van der Waals surface area contributed by atoms with Crippen LogP contribution < -0.4 is 9.46 Å². The lowest BCUT2D eigenvalue weighted by Crippen LogP contribution is -2.14. The smallest absolute Gasteiger partial charge is 0.269 e. The summed E-state index contributed by atoms with van der Waals surface area (Å²) in [6.45, 7) is -0.471. The van der Waals surface area contributed by atoms with Crippen LogP contribution in [-0.4, -0.2) is 31.7 Å². The molecule has 2 N–H and O–H groups in total. The Balaban J connectivity index is 2.30. The van der Waals surface area contributed by atoms with Crippen molar-refractivity contribution in [3.05, 3.63) is 58.4 Å². The summed E-state index contributed by atoms with van der Waals surface area (Å²) >= 11 is 0. The zero-order valence-corrected chi connectivity index (χ0v) is 13.0. The summed E-state index contributed by atoms with van der Waals surface area (Å²) in [4.78, 5) is 9.75. The number of nitro groups is 1. The van der Waals surface area contributed by atoms with Crippen molar-refractivity contribution in [3.63, 3.8) is 0 Å². The van der Waals surface area contributed by atoms with E-state index in [0.29, 0.717) is 0 Å². The first-order valence-corrected chi connectivity index (χ1v) is 8.12. The lowest BCUT2D eigenvalue weighted by molar-refractivity contribution is -0.384. The second-order valence-corrected chi connectivity index (χ2v) is 6.25. The van der Waals surface area contributed by atoms with Crippen LogP contribution in [-0.2, 0) is 10.0 Å². The molecule has 0 aliphatic carbocycles. The largest absolute Gasteiger partial charge is 0.489 e. The van der Waals surface area contributed by atoms with E-state index in [0.717, 1.165) is 36.4 Å². The van der Waals surface area contributed by atoms with Crippen molar-refractivity contribution in [2.75, 3.05) is 17.9 Å². The van der Waals surface area contributed by atoms with Gasteiger partial charge in [-0.15, -0.1) is 0 Å². The Bertz CT molecular complexity index is 839. The monoisotopic (exact) mass is 356 g/mol. The minimum absolute atomic E-state index is 0.0248. The van der Waals surface area contributed by atoms with Crippen molar-refractivity contribution in [2.45, 2.75) is 4.90 Å². The van der Waals surface area contributed by atoms with E-state index < -0.39 is 20.8 Å². The van der Waals surface area contributed by atoms with Crippen molar-refractivity contribution in [3.8, 4) is 5.75 Å². The molecule has 0 aromatic heterocycles. The Hall–Kier alpha value is -2.72. The molecule has 0 atom stereocenters. The van der Waals surface area contributed by atoms with Crippen LogP contribution in [0.5, 0.6) is 5.75 Å². The Morgan fingerprint density at radius 3 is 2.46 bits per heavy atom. The average Bonchev–Trinajstić information content (AvgIpc) is 2.55. The lowest BCUT2D eigenvalue weighted by Gasteiger charge is -2.13. The molecule has 2 aromatic carbocycles. The first-order chi connectivity index (χ1) is 11.3. The van der Waals surface area contributed by atoms with Gasteiger partial charge in [0.1, 0.15) is 18.2 Å². The number of aliphatic hydroxyl groups is 1. The van der Waals surface area contributed by atoms with Crippen LogP contribution in [0.15, 0.2) is 47.4 Å². The molecule has 128 valence electrons. The number of halogens is 1. The number of nitrogens with zero attached hydrogens (tertiary/aromatic N) is 1. The predicted molar refractivity (Wildman–Crippen MR) is 82.9 cm³/mol. The van der Waals surface area contributed by atoms with E-state index in [1.165, 1.54) is 6.07 Å². The van der Waals surface area contributed by atoms with Crippen molar-refractivity contribution in [2.24, 2.45) is 0 Å². The molecular formula is C14H13FN2O6S. The summed E-state index contributed by atoms with van der Waals surface area (Å²) in [5.74, 6) is -0.726. The fraction of sp³-hybridized carbons (Fsp3) is 0.143. The maximum atomic E-state index is 13.3. The van der Waals surface area contributed by atoms with E-state index >= 15 is 0 Å². The number of aliphatic hydroxyl groups excluding tert-OH is 1. The Kier molecular flexibility index (Phi) is 5.31. The van der Waals surface area contributed by atoms with Crippen LogP contribution >= 0.6 is 0 Å². The zero-order chi connectivity index (χ0) is 17.7. The number of hydrogen-bond donors (Lipinski definition) is 2. The van der Waals surface area contributed by atoms with E-state index in [1.54, 1.807) is 0 Å². The third kappa shape index (κ3) is 4.18. The maximum absolute atomic E-state index is 13.3. The summed E-state index contributed by atoms with van der Waals surface area (Å²) < 4.78 is 45.2. The minimum atomic E-state index is -4.05. The number of ether oxygens (including phenoxy) is 1. The Labute approximate surface area is 136 Å². The number of nitro benzene ring substituents is 1. The predicted octanol–water partition coefficient (Wildman–Crippen LogP) is 1.91. The Morgan fingerprint density at radius 2 is 1.88 bits per heavy atom. The topological polar surface area (TPSA) is 119 Å². The first-order valence-electron chi connectivity index (χ1n) is 6.64. The minimum Gasteiger partial charge on any atom is -0.489 e. The quantitative estimate of drug-likeness (QED) is 0.578. The summed E-state index contributed by atoms with van der Waals surface area (Å²) in [5, 5.41) is 19.4. The summed E-state index contributed by atoms with van der Waals surface area (Å²) in [6, 6.07) is 7.47. The molecular weight excluding hydrogens is 343 g/mol. The van der Waals surface area contributed by atoms with E-state index in [1.807, 2.05) is 0 Å². The van der Waals surface area contributed by atoms with Gasteiger partial charge in [0.05, 0.1) is 22.1 Å². The van der Waals surface area contributed by atoms with Crippen LogP contribution in [0.1, 0.15) is 0 Å². The fourth-order valence-electron chi connectivity index (χ4n) is 1.81. The van der Waals surface area contributed by atoms with Gasteiger partial charge in [-0.25, -0.2) is 12.8 Å². The van der Waals surface area contributed by atoms with Crippen LogP contribution in [0.3, 0.4) is 0 Å². The molecule has 10 heteroatoms. The molecule has 8 nitrogen and oxygen atoms in total. The molecule has 2 rings (SSSR count). The molecule has 0 amide bonds. The van der Waals surface area contributed by atoms with E-state index in [2.05, 4.69) is 4.72 Å². The highest BCUT2D eigenvalue weighted by atomic mass is 32.2. The molecule has 0 radical (unpaired) electrons. The molecule has 2 aromatic rings. The van der Waals surface area contributed by atoms with E-state index in [-0.39, 0.29) is 35.2 Å². The molecule has 0 fully saturated rings. The third-order valence-corrected chi connectivity index (χ3v) is 4.28. The van der Waals surface area contributed by atoms with Gasteiger partial charge in [0, 0.05) is 18.2 Å². The van der Waals surface area contributed by atoms with Gasteiger partial charge < -0.3 is 9.84 Å². The van der Waals surface area contributed by atoms with Crippen LogP contribution in [0.4, 0.5) is 15.8 Å². The molecule has 0 aliphatic heterocycles. The number of benzene rings is 2. The SMILES string of the molecule is O=[N+]([O-])c1ccc(S(=O)(=O)Nc2ccc(F)cc2OCCO)cc1. The molecule has 0 bridgehead atoms. The van der Waals surface area contributed by atoms with Crippen molar-refractivity contribution >= 4 is 21.4 Å². The van der Waals surface area contributed by atoms with Crippen LogP contribution in [0, 0.1) is 15.9 Å². The number of non-ortho nitro benzene ring substituents is 1. The zero-order valence-electron chi connectivity index (χ0n) is 12.2. The van der Waals surface area contributed by atoms with Crippen LogP contribution in [0.25, 0.3) is 0 Å². The summed E-state index contributed by atoms with van der Waals surface area (Å²) in [5.41, 5.74) is -0.272. The number of sulfonamides is 1. The van der Waals surface area contributed by atoms with E-state index in [9.17, 15) is 22.9 Å². The van der Waals surface area contributed by atoms with Gasteiger partial charge in [0.2, 0.25) is 0 Å². The van der Waals surface area contributed by atoms with Crippen molar-refractivity contribution in [1.29, 1.82) is 0 Å². The highest BCUT2D eigenvalue weighted by Crippen LogP contribution is 2.28. The fourth-order valence-corrected chi connectivity index (χ4v) is 2.88. The second-order valence-electron chi connectivity index (χ2n) is 4.57. The van der Waals surface area contributed by atoms with Crippen LogP contribution in [0.2, 0.25) is 0 Å². The highest BCUT2D eigenvalue weighted by molar-refractivity contribution is 7.92. The van der Waals surface area contributed by atoms with E-state index in [4.69, 9.17) is 9.84 Å². The normalized spacial score (nSPS) is 11.1. The lowest BCUT2D eigenvalue weighted by atomic mass is 10.3. The average molecular weight is 356 g/mol. The Morgan fingerprint density at radius 1 is 1.21 bits per heavy atom. The van der Waals surface area contributed by atoms with Gasteiger partial charge in [-0.05, 0) is 24.3 Å². The van der Waals surface area contributed by atoms with Gasteiger partial charge >= 0.3 is 0 Å². The molecule has 0 saturated heterocycles. The maximum Gasteiger partial charge on any atom is 0.269 e. The second kappa shape index (κ2) is 7.23. The molecule has 0 unspecified atom stereocenters. The van der Waals surface area contributed by atoms with Crippen molar-refractivity contribution < 1.29 is 27.6 Å². The molecule has 24 heavy (non-hydrogen) atoms. The third-order valence-electron chi connectivity index (χ3n) is 2.89. The number of anilines is 1. The van der Waals surface area contributed by atoms with Gasteiger partial charge in [0.25, 0.3) is 15.7 Å². The van der Waals surface area contributed by atoms with Gasteiger partial charge in [0.15, 0.2) is 0 Å². The van der Waals surface area contributed by atoms with Gasteiger partial charge in [-0.2, -0.15) is 0 Å². The van der Waals surface area contributed by atoms with Crippen molar-refractivity contribution in [1.82, 2.24) is 0 Å². The highest BCUT2D eigenvalue weighted by Gasteiger charge is 2.18. The molecule has 0 spiro atoms. The van der Waals surface area contributed by atoms with Gasteiger partial charge in [-0.1, -0.05) is 0 Å². The number of hydrogen-bond acceptors (Lipinski definition) is 6.